The molecule has 136 valence electrons. The number of nitrogens with zero attached hydrogens (tertiary/aromatic N) is 1. The third-order valence-corrected chi connectivity index (χ3v) is 4.22. The number of rotatable bonds is 7. The molecule has 0 saturated carbocycles. The summed E-state index contributed by atoms with van der Waals surface area (Å²) in [5.74, 6) is 0.386. The van der Waals surface area contributed by atoms with Gasteiger partial charge in [-0.3, -0.25) is 4.90 Å². The molecule has 1 heterocycles. The second-order valence-electron chi connectivity index (χ2n) is 6.02. The van der Waals surface area contributed by atoms with Crippen LogP contribution in [0.15, 0.2) is 18.2 Å². The molecule has 1 aliphatic heterocycles. The smallest absolute Gasteiger partial charge is 0.422 e. The number of halogens is 3. The quantitative estimate of drug-likeness (QED) is 0.821. The Balaban J connectivity index is 2.05. The lowest BCUT2D eigenvalue weighted by Crippen LogP contribution is -2.39. The van der Waals surface area contributed by atoms with Gasteiger partial charge < -0.3 is 14.6 Å². The van der Waals surface area contributed by atoms with E-state index in [1.807, 2.05) is 0 Å². The summed E-state index contributed by atoms with van der Waals surface area (Å²) in [4.78, 5) is 2.31. The highest BCUT2D eigenvalue weighted by molar-refractivity contribution is 5.43. The van der Waals surface area contributed by atoms with E-state index >= 15 is 0 Å². The Kier molecular flexibility index (Phi) is 6.74. The van der Waals surface area contributed by atoms with E-state index in [-0.39, 0.29) is 12.4 Å². The number of ether oxygens (including phenoxy) is 2. The van der Waals surface area contributed by atoms with E-state index in [0.29, 0.717) is 18.3 Å². The van der Waals surface area contributed by atoms with Crippen LogP contribution in [0.4, 0.5) is 13.2 Å². The van der Waals surface area contributed by atoms with Crippen LogP contribution in [0.25, 0.3) is 0 Å². The van der Waals surface area contributed by atoms with E-state index in [4.69, 9.17) is 9.47 Å². The number of hydrogen-bond acceptors (Lipinski definition) is 4. The molecular weight excluding hydrogens is 323 g/mol. The van der Waals surface area contributed by atoms with Gasteiger partial charge in [0.15, 0.2) is 18.1 Å². The van der Waals surface area contributed by atoms with Gasteiger partial charge in [-0.25, -0.2) is 0 Å². The van der Waals surface area contributed by atoms with Crippen LogP contribution in [-0.2, 0) is 6.54 Å². The van der Waals surface area contributed by atoms with Crippen molar-refractivity contribution in [2.45, 2.75) is 44.4 Å². The maximum absolute atomic E-state index is 12.3. The maximum Gasteiger partial charge on any atom is 0.422 e. The van der Waals surface area contributed by atoms with Crippen LogP contribution in [-0.4, -0.2) is 49.1 Å². The molecule has 2 rings (SSSR count). The summed E-state index contributed by atoms with van der Waals surface area (Å²) in [5, 5.41) is 9.19. The van der Waals surface area contributed by atoms with Crippen LogP contribution in [0.5, 0.6) is 11.5 Å². The van der Waals surface area contributed by atoms with Gasteiger partial charge in [0.2, 0.25) is 0 Å². The van der Waals surface area contributed by atoms with Crippen molar-refractivity contribution in [2.75, 3.05) is 26.9 Å². The van der Waals surface area contributed by atoms with Crippen molar-refractivity contribution >= 4 is 0 Å². The van der Waals surface area contributed by atoms with Crippen molar-refractivity contribution in [3.63, 3.8) is 0 Å². The molecule has 1 unspecified atom stereocenters. The summed E-state index contributed by atoms with van der Waals surface area (Å²) in [5.41, 5.74) is 0.955. The number of aliphatic hydroxyl groups is 1. The van der Waals surface area contributed by atoms with E-state index in [9.17, 15) is 18.3 Å². The van der Waals surface area contributed by atoms with E-state index in [1.54, 1.807) is 12.1 Å². The van der Waals surface area contributed by atoms with Gasteiger partial charge in [0, 0.05) is 19.2 Å². The van der Waals surface area contributed by atoms with Crippen molar-refractivity contribution in [1.29, 1.82) is 0 Å². The average Bonchev–Trinajstić information content (AvgIpc) is 2.55. The molecule has 1 fully saturated rings. The average molecular weight is 347 g/mol. The lowest BCUT2D eigenvalue weighted by Gasteiger charge is -2.35. The fourth-order valence-corrected chi connectivity index (χ4v) is 3.07. The van der Waals surface area contributed by atoms with Crippen LogP contribution < -0.4 is 9.47 Å². The zero-order valence-electron chi connectivity index (χ0n) is 13.8. The maximum atomic E-state index is 12.3. The number of hydrogen-bond donors (Lipinski definition) is 1. The van der Waals surface area contributed by atoms with Crippen LogP contribution in [0.1, 0.15) is 31.2 Å². The summed E-state index contributed by atoms with van der Waals surface area (Å²) in [6.45, 7) is 0.460. The second kappa shape index (κ2) is 8.58. The minimum Gasteiger partial charge on any atom is -0.493 e. The highest BCUT2D eigenvalue weighted by atomic mass is 19.4. The molecule has 0 aromatic heterocycles. The minimum absolute atomic E-state index is 0.0872. The SMILES string of the molecule is COc1cc(CN2CCCCC2CCO)ccc1OCC(F)(F)F. The van der Waals surface area contributed by atoms with Gasteiger partial charge in [-0.1, -0.05) is 12.5 Å². The summed E-state index contributed by atoms with van der Waals surface area (Å²) in [7, 11) is 1.41. The Morgan fingerprint density at radius 2 is 2.04 bits per heavy atom. The fourth-order valence-electron chi connectivity index (χ4n) is 3.07. The number of piperidine rings is 1. The summed E-state index contributed by atoms with van der Waals surface area (Å²) in [6.07, 6.45) is -0.302. The van der Waals surface area contributed by atoms with E-state index < -0.39 is 12.8 Å². The van der Waals surface area contributed by atoms with E-state index in [2.05, 4.69) is 4.90 Å². The first kappa shape index (κ1) is 18.9. The van der Waals surface area contributed by atoms with Crippen molar-refractivity contribution in [1.82, 2.24) is 4.90 Å². The van der Waals surface area contributed by atoms with E-state index in [0.717, 1.165) is 37.8 Å². The third kappa shape index (κ3) is 5.56. The molecular formula is C17H24F3NO3. The Morgan fingerprint density at radius 3 is 2.71 bits per heavy atom. The second-order valence-corrected chi connectivity index (χ2v) is 6.02. The summed E-state index contributed by atoms with van der Waals surface area (Å²) < 4.78 is 46.8. The van der Waals surface area contributed by atoms with Gasteiger partial charge >= 0.3 is 6.18 Å². The molecule has 4 nitrogen and oxygen atoms in total. The van der Waals surface area contributed by atoms with Crippen LogP contribution in [0, 0.1) is 0 Å². The lowest BCUT2D eigenvalue weighted by atomic mass is 9.99. The fraction of sp³-hybridized carbons (Fsp3) is 0.647. The molecule has 0 amide bonds. The topological polar surface area (TPSA) is 41.9 Å². The number of likely N-dealkylation sites (tertiary alicyclic amines) is 1. The lowest BCUT2D eigenvalue weighted by molar-refractivity contribution is -0.153. The number of aliphatic hydroxyl groups excluding tert-OH is 1. The monoisotopic (exact) mass is 347 g/mol. The first-order valence-electron chi connectivity index (χ1n) is 8.14. The largest absolute Gasteiger partial charge is 0.493 e. The van der Waals surface area contributed by atoms with Gasteiger partial charge in [-0.15, -0.1) is 0 Å². The van der Waals surface area contributed by atoms with Gasteiger partial charge in [-0.2, -0.15) is 13.2 Å². The molecule has 24 heavy (non-hydrogen) atoms. The molecule has 1 aromatic rings. The Labute approximate surface area is 140 Å². The summed E-state index contributed by atoms with van der Waals surface area (Å²) >= 11 is 0. The molecule has 0 bridgehead atoms. The number of methoxy groups -OCH3 is 1. The Hall–Kier alpha value is -1.47. The predicted octanol–water partition coefficient (Wildman–Crippen LogP) is 3.37. The highest BCUT2D eigenvalue weighted by Gasteiger charge is 2.29. The standard InChI is InChI=1S/C17H24F3NO3/c1-23-16-10-13(5-6-15(16)24-12-17(18,19)20)11-21-8-3-2-4-14(21)7-9-22/h5-6,10,14,22H,2-4,7-9,11-12H2,1H3. The van der Waals surface area contributed by atoms with Crippen LogP contribution >= 0.6 is 0 Å². The zero-order chi connectivity index (χ0) is 17.6. The molecule has 0 aliphatic carbocycles. The number of benzene rings is 1. The normalized spacial score (nSPS) is 19.3. The minimum atomic E-state index is -4.38. The van der Waals surface area contributed by atoms with Crippen molar-refractivity contribution < 1.29 is 27.8 Å². The first-order chi connectivity index (χ1) is 11.4. The Bertz CT molecular complexity index is 520. The molecule has 1 aliphatic rings. The number of alkyl halides is 3. The van der Waals surface area contributed by atoms with Gasteiger partial charge in [0.05, 0.1) is 7.11 Å². The first-order valence-corrected chi connectivity index (χ1v) is 8.14. The van der Waals surface area contributed by atoms with Crippen molar-refractivity contribution in [2.24, 2.45) is 0 Å². The predicted molar refractivity (Wildman–Crippen MR) is 84.3 cm³/mol. The van der Waals surface area contributed by atoms with Gasteiger partial charge in [-0.05, 0) is 43.5 Å². The van der Waals surface area contributed by atoms with Gasteiger partial charge in [0.1, 0.15) is 0 Å². The van der Waals surface area contributed by atoms with Crippen LogP contribution in [0.2, 0.25) is 0 Å². The molecule has 0 radical (unpaired) electrons. The molecule has 1 aromatic carbocycles. The third-order valence-electron chi connectivity index (χ3n) is 4.22. The van der Waals surface area contributed by atoms with Crippen molar-refractivity contribution in [3.05, 3.63) is 23.8 Å². The van der Waals surface area contributed by atoms with Crippen molar-refractivity contribution in [3.8, 4) is 11.5 Å². The van der Waals surface area contributed by atoms with Gasteiger partial charge in [0.25, 0.3) is 0 Å². The molecule has 1 saturated heterocycles. The Morgan fingerprint density at radius 1 is 1.25 bits per heavy atom. The highest BCUT2D eigenvalue weighted by Crippen LogP contribution is 2.31. The molecule has 7 heteroatoms. The molecule has 1 atom stereocenters. The van der Waals surface area contributed by atoms with E-state index in [1.165, 1.54) is 13.2 Å². The molecule has 1 N–H and O–H groups in total. The summed E-state index contributed by atoms with van der Waals surface area (Å²) in [6, 6.07) is 5.34. The molecule has 0 spiro atoms. The van der Waals surface area contributed by atoms with Crippen LogP contribution in [0.3, 0.4) is 0 Å². The zero-order valence-corrected chi connectivity index (χ0v) is 13.8.